The second kappa shape index (κ2) is 6.73. The molecule has 0 aliphatic carbocycles. The van der Waals surface area contributed by atoms with Crippen LogP contribution in [0.4, 0.5) is 0 Å². The number of H-pyrrole nitrogens is 1. The van der Waals surface area contributed by atoms with Crippen molar-refractivity contribution in [1.29, 1.82) is 0 Å². The Labute approximate surface area is 127 Å². The highest BCUT2D eigenvalue weighted by molar-refractivity contribution is 7.71. The van der Waals surface area contributed by atoms with Gasteiger partial charge in [0.15, 0.2) is 4.77 Å². The van der Waals surface area contributed by atoms with Crippen LogP contribution in [0.2, 0.25) is 0 Å². The van der Waals surface area contributed by atoms with Gasteiger partial charge in [0.1, 0.15) is 17.9 Å². The number of amides is 1. The van der Waals surface area contributed by atoms with Crippen LogP contribution >= 0.6 is 12.2 Å². The molecule has 0 aliphatic heterocycles. The van der Waals surface area contributed by atoms with Crippen LogP contribution in [-0.4, -0.2) is 34.8 Å². The number of benzene rings is 1. The first-order valence-corrected chi connectivity index (χ1v) is 7.14. The lowest BCUT2D eigenvalue weighted by molar-refractivity contribution is -0.122. The van der Waals surface area contributed by atoms with E-state index in [-0.39, 0.29) is 12.7 Å². The molecule has 0 fully saturated rings. The summed E-state index contributed by atoms with van der Waals surface area (Å²) < 4.78 is 13.5. The van der Waals surface area contributed by atoms with Crippen LogP contribution in [0.15, 0.2) is 18.2 Å². The normalized spacial score (nSPS) is 11.2. The summed E-state index contributed by atoms with van der Waals surface area (Å²) in [6.07, 6.45) is 0.0832. The lowest BCUT2D eigenvalue weighted by Crippen LogP contribution is -2.19. The van der Waals surface area contributed by atoms with Gasteiger partial charge >= 0.3 is 0 Å². The molecule has 0 radical (unpaired) electrons. The van der Waals surface area contributed by atoms with E-state index in [1.165, 1.54) is 0 Å². The van der Waals surface area contributed by atoms with Crippen molar-refractivity contribution in [2.24, 2.45) is 5.73 Å². The van der Waals surface area contributed by atoms with Gasteiger partial charge in [-0.05, 0) is 38.2 Å². The molecule has 1 amide bonds. The van der Waals surface area contributed by atoms with Gasteiger partial charge in [0.05, 0.1) is 18.2 Å². The Morgan fingerprint density at radius 2 is 2.24 bits per heavy atom. The molecule has 0 spiro atoms. The smallest absolute Gasteiger partial charge is 0.243 e. The highest BCUT2D eigenvalue weighted by Crippen LogP contribution is 2.25. The number of primary amides is 1. The van der Waals surface area contributed by atoms with E-state index in [4.69, 9.17) is 27.4 Å². The Balaban J connectivity index is 2.22. The molecule has 21 heavy (non-hydrogen) atoms. The maximum atomic E-state index is 10.6. The molecule has 1 aromatic heterocycles. The number of ether oxygens (including phenoxy) is 2. The van der Waals surface area contributed by atoms with E-state index in [0.29, 0.717) is 17.9 Å². The summed E-state index contributed by atoms with van der Waals surface area (Å²) in [6, 6.07) is 5.79. The van der Waals surface area contributed by atoms with Gasteiger partial charge in [-0.1, -0.05) is 6.07 Å². The van der Waals surface area contributed by atoms with Crippen LogP contribution in [0.25, 0.3) is 11.0 Å². The van der Waals surface area contributed by atoms with Gasteiger partial charge in [0.25, 0.3) is 0 Å². The Morgan fingerprint density at radius 1 is 1.48 bits per heavy atom. The number of nitrogens with two attached hydrogens (primary N) is 1. The largest absolute Gasteiger partial charge is 0.489 e. The molecule has 0 saturated heterocycles. The van der Waals surface area contributed by atoms with Crippen LogP contribution < -0.4 is 10.5 Å². The van der Waals surface area contributed by atoms with Crippen LogP contribution in [0.1, 0.15) is 13.8 Å². The van der Waals surface area contributed by atoms with Gasteiger partial charge in [-0.2, -0.15) is 0 Å². The first-order chi connectivity index (χ1) is 9.99. The molecule has 1 aromatic carbocycles. The van der Waals surface area contributed by atoms with Crippen molar-refractivity contribution in [2.75, 3.05) is 13.2 Å². The molecule has 0 unspecified atom stereocenters. The molecule has 1 heterocycles. The number of imidazole rings is 1. The standard InChI is InChI=1S/C14H19N3O3S/c1-9(2)20-11-5-3-4-10-13(11)16-14(21)17(10)6-7-19-8-12(15)18/h3-5,9H,6-8H2,1-2H3,(H2,15,18)(H,16,21). The molecule has 0 saturated carbocycles. The first kappa shape index (κ1) is 15.5. The molecule has 6 nitrogen and oxygen atoms in total. The fraction of sp³-hybridized carbons (Fsp3) is 0.429. The molecule has 0 aliphatic rings. The molecule has 2 aromatic rings. The lowest BCUT2D eigenvalue weighted by atomic mass is 10.3. The van der Waals surface area contributed by atoms with Crippen LogP contribution in [0, 0.1) is 4.77 Å². The third kappa shape index (κ3) is 3.83. The third-order valence-corrected chi connectivity index (χ3v) is 3.16. The summed E-state index contributed by atoms with van der Waals surface area (Å²) >= 11 is 5.33. The molecular formula is C14H19N3O3S. The van der Waals surface area contributed by atoms with Crippen LogP contribution in [0.5, 0.6) is 5.75 Å². The van der Waals surface area contributed by atoms with Crippen molar-refractivity contribution in [2.45, 2.75) is 26.5 Å². The van der Waals surface area contributed by atoms with Gasteiger partial charge in [0.2, 0.25) is 5.91 Å². The molecular weight excluding hydrogens is 290 g/mol. The van der Waals surface area contributed by atoms with E-state index >= 15 is 0 Å². The summed E-state index contributed by atoms with van der Waals surface area (Å²) in [5.41, 5.74) is 6.84. The molecule has 114 valence electrons. The van der Waals surface area contributed by atoms with Crippen molar-refractivity contribution in [3.63, 3.8) is 0 Å². The second-order valence-electron chi connectivity index (χ2n) is 4.92. The van der Waals surface area contributed by atoms with E-state index < -0.39 is 5.91 Å². The quantitative estimate of drug-likeness (QED) is 0.605. The number of nitrogens with zero attached hydrogens (tertiary/aromatic N) is 1. The van der Waals surface area contributed by atoms with E-state index in [0.717, 1.165) is 16.8 Å². The number of nitrogens with one attached hydrogen (secondary N) is 1. The van der Waals surface area contributed by atoms with E-state index in [9.17, 15) is 4.79 Å². The average Bonchev–Trinajstić information content (AvgIpc) is 2.71. The Morgan fingerprint density at radius 3 is 2.90 bits per heavy atom. The van der Waals surface area contributed by atoms with Crippen LogP contribution in [-0.2, 0) is 16.1 Å². The summed E-state index contributed by atoms with van der Waals surface area (Å²) in [6.45, 7) is 4.76. The number of carbonyl (C=O) groups excluding carboxylic acids is 1. The minimum Gasteiger partial charge on any atom is -0.489 e. The SMILES string of the molecule is CC(C)Oc1cccc2c1[nH]c(=S)n2CCOCC(N)=O. The number of hydrogen-bond donors (Lipinski definition) is 2. The molecule has 0 bridgehead atoms. The Bertz CT molecular complexity index is 690. The van der Waals surface area contributed by atoms with Gasteiger partial charge in [-0.3, -0.25) is 4.79 Å². The lowest BCUT2D eigenvalue weighted by Gasteiger charge is -2.10. The van der Waals surface area contributed by atoms with Gasteiger partial charge in [-0.15, -0.1) is 0 Å². The summed E-state index contributed by atoms with van der Waals surface area (Å²) in [4.78, 5) is 13.8. The number of rotatable bonds is 7. The number of carbonyl (C=O) groups is 1. The van der Waals surface area contributed by atoms with E-state index in [1.54, 1.807) is 0 Å². The monoisotopic (exact) mass is 309 g/mol. The number of fused-ring (bicyclic) bond motifs is 1. The third-order valence-electron chi connectivity index (χ3n) is 2.84. The van der Waals surface area contributed by atoms with Crippen LogP contribution in [0.3, 0.4) is 0 Å². The van der Waals surface area contributed by atoms with Crippen molar-refractivity contribution in [3.8, 4) is 5.75 Å². The minimum absolute atomic E-state index is 0.0832. The van der Waals surface area contributed by atoms with Crippen molar-refractivity contribution < 1.29 is 14.3 Å². The number of hydrogen-bond acceptors (Lipinski definition) is 4. The Hall–Kier alpha value is -1.86. The fourth-order valence-electron chi connectivity index (χ4n) is 2.06. The summed E-state index contributed by atoms with van der Waals surface area (Å²) in [7, 11) is 0. The molecule has 2 rings (SSSR count). The highest BCUT2D eigenvalue weighted by Gasteiger charge is 2.10. The van der Waals surface area contributed by atoms with Crippen molar-refractivity contribution >= 4 is 29.2 Å². The first-order valence-electron chi connectivity index (χ1n) is 6.73. The zero-order chi connectivity index (χ0) is 15.4. The highest BCUT2D eigenvalue weighted by atomic mass is 32.1. The number of aromatic nitrogens is 2. The summed E-state index contributed by atoms with van der Waals surface area (Å²) in [5, 5.41) is 0. The molecule has 0 atom stereocenters. The predicted molar refractivity (Wildman–Crippen MR) is 82.9 cm³/mol. The van der Waals surface area contributed by atoms with Crippen molar-refractivity contribution in [1.82, 2.24) is 9.55 Å². The van der Waals surface area contributed by atoms with Crippen molar-refractivity contribution in [3.05, 3.63) is 23.0 Å². The second-order valence-corrected chi connectivity index (χ2v) is 5.30. The molecule has 3 N–H and O–H groups in total. The van der Waals surface area contributed by atoms with E-state index in [1.807, 2.05) is 36.6 Å². The van der Waals surface area contributed by atoms with Gasteiger partial charge in [0, 0.05) is 6.54 Å². The zero-order valence-electron chi connectivity index (χ0n) is 12.1. The maximum absolute atomic E-state index is 10.6. The van der Waals surface area contributed by atoms with Gasteiger partial charge < -0.3 is 24.8 Å². The Kier molecular flexibility index (Phi) is 4.98. The number of para-hydroxylation sites is 1. The topological polar surface area (TPSA) is 82.3 Å². The van der Waals surface area contributed by atoms with Gasteiger partial charge in [-0.25, -0.2) is 0 Å². The minimum atomic E-state index is -0.481. The maximum Gasteiger partial charge on any atom is 0.243 e. The molecule has 7 heteroatoms. The number of aromatic amines is 1. The summed E-state index contributed by atoms with van der Waals surface area (Å²) in [5.74, 6) is 0.288. The predicted octanol–water partition coefficient (Wildman–Crippen LogP) is 1.99. The fourth-order valence-corrected chi connectivity index (χ4v) is 2.35. The van der Waals surface area contributed by atoms with E-state index in [2.05, 4.69) is 4.98 Å². The zero-order valence-corrected chi connectivity index (χ0v) is 12.9. The average molecular weight is 309 g/mol.